The Morgan fingerprint density at radius 1 is 1.08 bits per heavy atom. The number of anilines is 1. The van der Waals surface area contributed by atoms with Crippen LogP contribution in [0.3, 0.4) is 0 Å². The van der Waals surface area contributed by atoms with E-state index in [0.29, 0.717) is 21.0 Å². The van der Waals surface area contributed by atoms with Crippen LogP contribution in [0.1, 0.15) is 44.6 Å². The molecule has 0 unspecified atom stereocenters. The monoisotopic (exact) mass is 541 g/mol. The largest absolute Gasteiger partial charge is 0.352 e. The molecule has 0 spiro atoms. The number of nitrogens with zero attached hydrogens (tertiary/aromatic N) is 2. The van der Waals surface area contributed by atoms with Gasteiger partial charge in [-0.1, -0.05) is 49.1 Å². The minimum Gasteiger partial charge on any atom is -0.352 e. The molecule has 7 nitrogen and oxygen atoms in total. The molecule has 0 bridgehead atoms. The van der Waals surface area contributed by atoms with Crippen molar-refractivity contribution in [3.05, 3.63) is 64.7 Å². The van der Waals surface area contributed by atoms with Crippen molar-refractivity contribution in [3.63, 3.8) is 0 Å². The van der Waals surface area contributed by atoms with Crippen molar-refractivity contribution in [2.75, 3.05) is 17.1 Å². The van der Waals surface area contributed by atoms with Gasteiger partial charge in [-0.2, -0.15) is 0 Å². The van der Waals surface area contributed by atoms with Gasteiger partial charge in [0, 0.05) is 23.7 Å². The average molecular weight is 542 g/mol. The topological polar surface area (TPSA) is 86.8 Å². The van der Waals surface area contributed by atoms with E-state index >= 15 is 0 Å². The minimum atomic E-state index is -4.06. The first-order valence-corrected chi connectivity index (χ1v) is 14.0. The van der Waals surface area contributed by atoms with E-state index in [9.17, 15) is 26.8 Å². The van der Waals surface area contributed by atoms with E-state index in [4.69, 9.17) is 11.6 Å². The van der Waals surface area contributed by atoms with E-state index in [1.54, 1.807) is 31.2 Å². The third-order valence-corrected chi connectivity index (χ3v) is 7.80. The molecule has 0 heterocycles. The van der Waals surface area contributed by atoms with Crippen LogP contribution in [0.15, 0.2) is 42.5 Å². The van der Waals surface area contributed by atoms with Gasteiger partial charge in [0.15, 0.2) is 11.6 Å². The summed E-state index contributed by atoms with van der Waals surface area (Å²) in [5.41, 5.74) is 0.366. The second-order valence-corrected chi connectivity index (χ2v) is 11.3. The van der Waals surface area contributed by atoms with E-state index < -0.39 is 40.2 Å². The molecule has 1 saturated carbocycles. The van der Waals surface area contributed by atoms with Crippen molar-refractivity contribution < 1.29 is 26.8 Å². The van der Waals surface area contributed by atoms with Crippen LogP contribution in [0.2, 0.25) is 5.02 Å². The maximum Gasteiger partial charge on any atom is 0.244 e. The van der Waals surface area contributed by atoms with Gasteiger partial charge >= 0.3 is 0 Å². The van der Waals surface area contributed by atoms with Gasteiger partial charge in [-0.3, -0.25) is 13.9 Å². The van der Waals surface area contributed by atoms with Gasteiger partial charge in [0.2, 0.25) is 21.8 Å². The smallest absolute Gasteiger partial charge is 0.244 e. The summed E-state index contributed by atoms with van der Waals surface area (Å²) >= 11 is 6.30. The van der Waals surface area contributed by atoms with Crippen LogP contribution >= 0.6 is 11.6 Å². The molecule has 1 atom stereocenters. The van der Waals surface area contributed by atoms with Crippen molar-refractivity contribution in [2.24, 2.45) is 0 Å². The Hall–Kier alpha value is -2.72. The van der Waals surface area contributed by atoms with E-state index in [1.165, 1.54) is 4.90 Å². The lowest BCUT2D eigenvalue weighted by Gasteiger charge is -2.33. The van der Waals surface area contributed by atoms with Gasteiger partial charge in [0.25, 0.3) is 0 Å². The first-order chi connectivity index (χ1) is 17.0. The Morgan fingerprint density at radius 3 is 2.36 bits per heavy atom. The van der Waals surface area contributed by atoms with Crippen LogP contribution in [0, 0.1) is 11.6 Å². The molecular weight excluding hydrogens is 512 g/mol. The standard InChI is InChI=1S/C25H30ClF2N3O4S/c1-17(25(33)29-19-9-4-3-5-10-19)30(15-18-8-6-7-11-21(18)26)24(32)16-31(36(2,34)35)20-12-13-22(27)23(28)14-20/h6-8,11-14,17,19H,3-5,9-10,15-16H2,1-2H3,(H,29,33)/t17-/m0/s1. The van der Waals surface area contributed by atoms with Gasteiger partial charge in [0.1, 0.15) is 12.6 Å². The molecule has 0 aromatic heterocycles. The van der Waals surface area contributed by atoms with Crippen LogP contribution in [0.5, 0.6) is 0 Å². The number of amides is 2. The van der Waals surface area contributed by atoms with Crippen molar-refractivity contribution in [1.29, 1.82) is 0 Å². The number of rotatable bonds is 9. The quantitative estimate of drug-likeness (QED) is 0.514. The first-order valence-electron chi connectivity index (χ1n) is 11.7. The van der Waals surface area contributed by atoms with Gasteiger partial charge in [-0.15, -0.1) is 0 Å². The summed E-state index contributed by atoms with van der Waals surface area (Å²) in [6, 6.07) is 8.46. The molecule has 0 radical (unpaired) electrons. The first kappa shape index (κ1) is 27.9. The summed E-state index contributed by atoms with van der Waals surface area (Å²) in [4.78, 5) is 27.9. The summed E-state index contributed by atoms with van der Waals surface area (Å²) in [7, 11) is -4.06. The van der Waals surface area contributed by atoms with E-state index in [2.05, 4.69) is 5.32 Å². The summed E-state index contributed by atoms with van der Waals surface area (Å²) in [6.07, 6.45) is 5.71. The Morgan fingerprint density at radius 2 is 1.75 bits per heavy atom. The fourth-order valence-electron chi connectivity index (χ4n) is 4.22. The van der Waals surface area contributed by atoms with E-state index in [1.807, 2.05) is 0 Å². The molecule has 1 N–H and O–H groups in total. The van der Waals surface area contributed by atoms with Crippen molar-refractivity contribution >= 4 is 39.1 Å². The van der Waals surface area contributed by atoms with Crippen LogP contribution in [-0.4, -0.2) is 50.0 Å². The summed E-state index contributed by atoms with van der Waals surface area (Å²) in [5.74, 6) is -3.45. The lowest BCUT2D eigenvalue weighted by molar-refractivity contribution is -0.139. The Labute approximate surface area is 215 Å². The maximum absolute atomic E-state index is 13.9. The second kappa shape index (κ2) is 12.0. The number of nitrogens with one attached hydrogen (secondary N) is 1. The van der Waals surface area contributed by atoms with Crippen molar-refractivity contribution in [3.8, 4) is 0 Å². The molecule has 1 fully saturated rings. The Kier molecular flexibility index (Phi) is 9.30. The highest BCUT2D eigenvalue weighted by Gasteiger charge is 2.31. The van der Waals surface area contributed by atoms with Gasteiger partial charge < -0.3 is 10.2 Å². The Balaban J connectivity index is 1.89. The molecular formula is C25H30ClF2N3O4S. The highest BCUT2D eigenvalue weighted by Crippen LogP contribution is 2.23. The molecule has 2 aromatic rings. The number of hydrogen-bond donors (Lipinski definition) is 1. The molecule has 3 rings (SSSR count). The van der Waals surface area contributed by atoms with Gasteiger partial charge in [0.05, 0.1) is 11.9 Å². The minimum absolute atomic E-state index is 0.0145. The summed E-state index contributed by atoms with van der Waals surface area (Å²) < 4.78 is 53.0. The third-order valence-electron chi connectivity index (χ3n) is 6.29. The zero-order valence-corrected chi connectivity index (χ0v) is 21.8. The fraction of sp³-hybridized carbons (Fsp3) is 0.440. The molecule has 1 aliphatic carbocycles. The SMILES string of the molecule is C[C@@H](C(=O)NC1CCCCC1)N(Cc1ccccc1Cl)C(=O)CN(c1ccc(F)c(F)c1)S(C)(=O)=O. The molecule has 1 aliphatic rings. The number of carbonyl (C=O) groups is 2. The normalized spacial score (nSPS) is 15.2. The molecule has 36 heavy (non-hydrogen) atoms. The number of hydrogen-bond acceptors (Lipinski definition) is 4. The summed E-state index contributed by atoms with van der Waals surface area (Å²) in [5, 5.41) is 3.38. The highest BCUT2D eigenvalue weighted by atomic mass is 35.5. The molecule has 2 amide bonds. The number of carbonyl (C=O) groups excluding carboxylic acids is 2. The number of halogens is 3. The maximum atomic E-state index is 13.9. The predicted octanol–water partition coefficient (Wildman–Crippen LogP) is 4.25. The number of sulfonamides is 1. The van der Waals surface area contributed by atoms with Crippen LogP contribution in [-0.2, 0) is 26.2 Å². The van der Waals surface area contributed by atoms with Crippen molar-refractivity contribution in [2.45, 2.75) is 57.7 Å². The number of benzene rings is 2. The molecule has 2 aromatic carbocycles. The van der Waals surface area contributed by atoms with Crippen LogP contribution < -0.4 is 9.62 Å². The zero-order valence-electron chi connectivity index (χ0n) is 20.2. The Bertz CT molecular complexity index is 1210. The lowest BCUT2D eigenvalue weighted by Crippen LogP contribution is -2.53. The van der Waals surface area contributed by atoms with Crippen LogP contribution in [0.4, 0.5) is 14.5 Å². The second-order valence-electron chi connectivity index (χ2n) is 9.00. The lowest BCUT2D eigenvalue weighted by atomic mass is 9.95. The van der Waals surface area contributed by atoms with Crippen molar-refractivity contribution in [1.82, 2.24) is 10.2 Å². The third kappa shape index (κ3) is 7.16. The predicted molar refractivity (Wildman–Crippen MR) is 135 cm³/mol. The van der Waals surface area contributed by atoms with E-state index in [0.717, 1.165) is 50.5 Å². The highest BCUT2D eigenvalue weighted by molar-refractivity contribution is 7.92. The molecule has 11 heteroatoms. The van der Waals surface area contributed by atoms with Gasteiger partial charge in [-0.05, 0) is 43.5 Å². The zero-order chi connectivity index (χ0) is 26.5. The van der Waals surface area contributed by atoms with Crippen LogP contribution in [0.25, 0.3) is 0 Å². The summed E-state index contributed by atoms with van der Waals surface area (Å²) in [6.45, 7) is 0.803. The average Bonchev–Trinajstić information content (AvgIpc) is 2.83. The molecule has 0 saturated heterocycles. The molecule has 196 valence electrons. The van der Waals surface area contributed by atoms with Gasteiger partial charge in [-0.25, -0.2) is 17.2 Å². The fourth-order valence-corrected chi connectivity index (χ4v) is 5.25. The van der Waals surface area contributed by atoms with E-state index in [-0.39, 0.29) is 24.2 Å². The molecule has 0 aliphatic heterocycles.